The third kappa shape index (κ3) is 3.53. The van der Waals surface area contributed by atoms with Crippen LogP contribution in [-0.4, -0.2) is 16.4 Å². The third-order valence-corrected chi connectivity index (χ3v) is 5.42. The zero-order valence-corrected chi connectivity index (χ0v) is 15.7. The monoisotopic (exact) mass is 389 g/mol. The van der Waals surface area contributed by atoms with Crippen LogP contribution < -0.4 is 10.6 Å². The molecule has 6 heteroatoms. The lowest BCUT2D eigenvalue weighted by Gasteiger charge is -2.17. The number of fused-ring (bicyclic) bond motifs is 2. The molecule has 1 saturated carbocycles. The van der Waals surface area contributed by atoms with Crippen LogP contribution in [0, 0.1) is 5.82 Å². The highest BCUT2D eigenvalue weighted by Crippen LogP contribution is 2.40. The van der Waals surface area contributed by atoms with Gasteiger partial charge in [-0.15, -0.1) is 0 Å². The Bertz CT molecular complexity index is 1170. The first-order chi connectivity index (χ1) is 14.1. The van der Waals surface area contributed by atoms with Gasteiger partial charge in [0, 0.05) is 46.5 Å². The van der Waals surface area contributed by atoms with Crippen LogP contribution in [0.2, 0.25) is 0 Å². The number of nitrogens with zero attached hydrogens (tertiary/aromatic N) is 1. The van der Waals surface area contributed by atoms with E-state index in [1.165, 1.54) is 18.2 Å². The maximum atomic E-state index is 13.6. The number of aromatic nitrogens is 1. The Morgan fingerprint density at radius 2 is 2.00 bits per heavy atom. The summed E-state index contributed by atoms with van der Waals surface area (Å²) in [5.41, 5.74) is 4.32. The predicted octanol–water partition coefficient (Wildman–Crippen LogP) is 4.65. The van der Waals surface area contributed by atoms with E-state index in [9.17, 15) is 14.0 Å². The molecule has 2 aromatic carbocycles. The number of hydrogen-bond acceptors (Lipinski definition) is 2. The number of amides is 2. The van der Waals surface area contributed by atoms with Crippen LogP contribution in [0.15, 0.2) is 48.5 Å². The molecular weight excluding hydrogens is 369 g/mol. The third-order valence-electron chi connectivity index (χ3n) is 5.42. The zero-order valence-electron chi connectivity index (χ0n) is 15.7. The lowest BCUT2D eigenvalue weighted by atomic mass is 10.0. The first kappa shape index (κ1) is 17.7. The van der Waals surface area contributed by atoms with Crippen LogP contribution >= 0.6 is 0 Å². The van der Waals surface area contributed by atoms with Gasteiger partial charge in [-0.05, 0) is 67.3 Å². The Morgan fingerprint density at radius 1 is 1.14 bits per heavy atom. The summed E-state index contributed by atoms with van der Waals surface area (Å²) < 4.78 is 15.8. The molecule has 0 unspecified atom stereocenters. The van der Waals surface area contributed by atoms with Crippen molar-refractivity contribution < 1.29 is 14.0 Å². The summed E-state index contributed by atoms with van der Waals surface area (Å²) in [7, 11) is 0. The second-order valence-electron chi connectivity index (χ2n) is 7.62. The average Bonchev–Trinajstić information content (AvgIpc) is 3.46. The fourth-order valence-corrected chi connectivity index (χ4v) is 3.89. The van der Waals surface area contributed by atoms with Gasteiger partial charge in [-0.2, -0.15) is 0 Å². The van der Waals surface area contributed by atoms with Gasteiger partial charge in [0.05, 0.1) is 0 Å². The van der Waals surface area contributed by atoms with Crippen molar-refractivity contribution in [1.29, 1.82) is 0 Å². The molecule has 146 valence electrons. The van der Waals surface area contributed by atoms with Crippen molar-refractivity contribution in [3.63, 3.8) is 0 Å². The van der Waals surface area contributed by atoms with Crippen LogP contribution in [-0.2, 0) is 16.0 Å². The molecule has 2 N–H and O–H groups in total. The Morgan fingerprint density at radius 3 is 2.83 bits per heavy atom. The molecule has 5 rings (SSSR count). The summed E-state index contributed by atoms with van der Waals surface area (Å²) in [5.74, 6) is -0.533. The summed E-state index contributed by atoms with van der Waals surface area (Å²) >= 11 is 0. The molecule has 2 heterocycles. The molecule has 3 aromatic rings. The van der Waals surface area contributed by atoms with E-state index in [1.54, 1.807) is 18.2 Å². The first-order valence-corrected chi connectivity index (χ1v) is 9.79. The van der Waals surface area contributed by atoms with E-state index in [1.807, 2.05) is 18.2 Å². The van der Waals surface area contributed by atoms with Crippen molar-refractivity contribution in [3.05, 3.63) is 65.6 Å². The quantitative estimate of drug-likeness (QED) is 0.638. The van der Waals surface area contributed by atoms with Gasteiger partial charge in [0.1, 0.15) is 5.82 Å². The largest absolute Gasteiger partial charge is 0.338 e. The smallest absolute Gasteiger partial charge is 0.248 e. The standard InChI is InChI=1S/C23H20FN3O2/c24-16-3-8-21-15(11-16)12-19(27(21)18-5-6-18)7-10-22(28)25-17-4-1-14-2-9-23(29)26-20(14)13-17/h1,3-4,7-8,10-13,18H,2,5-6,9H2,(H,25,28)(H,26,29)/b10-7+. The maximum Gasteiger partial charge on any atom is 0.248 e. The fraction of sp³-hybridized carbons (Fsp3) is 0.217. The number of nitrogens with one attached hydrogen (secondary N) is 2. The van der Waals surface area contributed by atoms with E-state index in [0.29, 0.717) is 24.6 Å². The van der Waals surface area contributed by atoms with E-state index in [4.69, 9.17) is 0 Å². The van der Waals surface area contributed by atoms with Crippen LogP contribution in [0.1, 0.15) is 36.6 Å². The highest BCUT2D eigenvalue weighted by Gasteiger charge is 2.26. The molecule has 0 atom stereocenters. The van der Waals surface area contributed by atoms with Crippen molar-refractivity contribution in [2.75, 3.05) is 10.6 Å². The number of benzene rings is 2. The molecule has 2 aliphatic rings. The van der Waals surface area contributed by atoms with E-state index in [2.05, 4.69) is 15.2 Å². The number of halogens is 1. The number of carbonyl (C=O) groups is 2. The van der Waals surface area contributed by atoms with E-state index in [0.717, 1.165) is 40.7 Å². The van der Waals surface area contributed by atoms with Gasteiger partial charge in [-0.25, -0.2) is 4.39 Å². The number of rotatable bonds is 4. The first-order valence-electron chi connectivity index (χ1n) is 9.79. The SMILES string of the molecule is O=C(/C=C/c1cc2cc(F)ccc2n1C1CC1)Nc1ccc2c(c1)NC(=O)CC2. The van der Waals surface area contributed by atoms with Gasteiger partial charge < -0.3 is 15.2 Å². The van der Waals surface area contributed by atoms with E-state index >= 15 is 0 Å². The molecule has 0 radical (unpaired) electrons. The summed E-state index contributed by atoms with van der Waals surface area (Å²) in [4.78, 5) is 24.0. The predicted molar refractivity (Wildman–Crippen MR) is 111 cm³/mol. The molecule has 1 aliphatic heterocycles. The van der Waals surface area contributed by atoms with Gasteiger partial charge in [-0.1, -0.05) is 6.07 Å². The minimum absolute atomic E-state index is 0.00906. The molecule has 2 amide bonds. The second kappa shape index (κ2) is 6.88. The maximum absolute atomic E-state index is 13.6. The normalized spacial score (nSPS) is 16.1. The van der Waals surface area contributed by atoms with E-state index in [-0.39, 0.29) is 17.6 Å². The Kier molecular flexibility index (Phi) is 4.19. The minimum atomic E-state index is -0.266. The number of anilines is 2. The lowest BCUT2D eigenvalue weighted by Crippen LogP contribution is -2.19. The highest BCUT2D eigenvalue weighted by atomic mass is 19.1. The molecule has 0 saturated heterocycles. The number of aryl methyl sites for hydroxylation is 1. The van der Waals surface area contributed by atoms with Crippen LogP contribution in [0.5, 0.6) is 0 Å². The van der Waals surface area contributed by atoms with Gasteiger partial charge in [0.2, 0.25) is 11.8 Å². The average molecular weight is 389 g/mol. The topological polar surface area (TPSA) is 63.1 Å². The number of carbonyl (C=O) groups excluding carboxylic acids is 2. The molecule has 29 heavy (non-hydrogen) atoms. The van der Waals surface area contributed by atoms with E-state index < -0.39 is 0 Å². The molecule has 0 bridgehead atoms. The van der Waals surface area contributed by atoms with Gasteiger partial charge in [-0.3, -0.25) is 9.59 Å². The second-order valence-corrected chi connectivity index (χ2v) is 7.62. The Labute approximate surface area is 167 Å². The van der Waals surface area contributed by atoms with Crippen molar-refractivity contribution in [3.8, 4) is 0 Å². The summed E-state index contributed by atoms with van der Waals surface area (Å²) in [5, 5.41) is 6.51. The molecule has 1 aliphatic carbocycles. The van der Waals surface area contributed by atoms with Crippen molar-refractivity contribution in [1.82, 2.24) is 4.57 Å². The molecule has 5 nitrogen and oxygen atoms in total. The molecular formula is C23H20FN3O2. The fourth-order valence-electron chi connectivity index (χ4n) is 3.89. The Hall–Kier alpha value is -3.41. The summed E-state index contributed by atoms with van der Waals surface area (Å²) in [6, 6.07) is 12.6. The van der Waals surface area contributed by atoms with Crippen molar-refractivity contribution in [2.45, 2.75) is 31.7 Å². The zero-order chi connectivity index (χ0) is 20.0. The number of hydrogen-bond donors (Lipinski definition) is 2. The molecule has 1 aromatic heterocycles. The van der Waals surface area contributed by atoms with Crippen molar-refractivity contribution >= 4 is 40.2 Å². The van der Waals surface area contributed by atoms with Gasteiger partial charge in [0.25, 0.3) is 0 Å². The molecule has 0 spiro atoms. The van der Waals surface area contributed by atoms with Crippen LogP contribution in [0.4, 0.5) is 15.8 Å². The van der Waals surface area contributed by atoms with Crippen LogP contribution in [0.25, 0.3) is 17.0 Å². The summed E-state index contributed by atoms with van der Waals surface area (Å²) in [6.45, 7) is 0. The van der Waals surface area contributed by atoms with Crippen LogP contribution in [0.3, 0.4) is 0 Å². The minimum Gasteiger partial charge on any atom is -0.338 e. The lowest BCUT2D eigenvalue weighted by molar-refractivity contribution is -0.116. The molecule has 1 fully saturated rings. The highest BCUT2D eigenvalue weighted by molar-refractivity contribution is 6.03. The summed E-state index contributed by atoms with van der Waals surface area (Å²) in [6.07, 6.45) is 6.64. The van der Waals surface area contributed by atoms with Crippen molar-refractivity contribution in [2.24, 2.45) is 0 Å². The van der Waals surface area contributed by atoms with Gasteiger partial charge in [0.15, 0.2) is 0 Å². The van der Waals surface area contributed by atoms with Gasteiger partial charge >= 0.3 is 0 Å². The Balaban J connectivity index is 1.37.